The molecular formula is C17H20N2O5. The molecule has 1 aromatic carbocycles. The van der Waals surface area contributed by atoms with Crippen LogP contribution in [-0.2, 0) is 9.47 Å². The molecule has 128 valence electrons. The van der Waals surface area contributed by atoms with Gasteiger partial charge in [0, 0.05) is 6.54 Å². The molecule has 2 heterocycles. The predicted octanol–water partition coefficient (Wildman–Crippen LogP) is 1.53. The van der Waals surface area contributed by atoms with Gasteiger partial charge in [-0.05, 0) is 26.0 Å². The molecule has 3 rings (SSSR count). The second-order valence-corrected chi connectivity index (χ2v) is 6.14. The lowest BCUT2D eigenvalue weighted by Crippen LogP contribution is -2.51. The molecule has 1 atom stereocenters. The van der Waals surface area contributed by atoms with Gasteiger partial charge >= 0.3 is 6.09 Å². The average Bonchev–Trinajstić information content (AvgIpc) is 2.80. The summed E-state index contributed by atoms with van der Waals surface area (Å²) in [5.74, 6) is -0.637. The van der Waals surface area contributed by atoms with Gasteiger partial charge in [-0.1, -0.05) is 12.1 Å². The van der Waals surface area contributed by atoms with Crippen molar-refractivity contribution in [3.8, 4) is 0 Å². The van der Waals surface area contributed by atoms with Crippen LogP contribution in [0.4, 0.5) is 4.79 Å². The first-order valence-corrected chi connectivity index (χ1v) is 7.99. The van der Waals surface area contributed by atoms with Gasteiger partial charge in [-0.15, -0.1) is 0 Å². The minimum Gasteiger partial charge on any atom is -0.447 e. The molecular weight excluding hydrogens is 312 g/mol. The van der Waals surface area contributed by atoms with Crippen LogP contribution in [0.3, 0.4) is 0 Å². The monoisotopic (exact) mass is 332 g/mol. The molecule has 7 nitrogen and oxygen atoms in total. The molecule has 1 saturated heterocycles. The zero-order valence-electron chi connectivity index (χ0n) is 13.7. The van der Waals surface area contributed by atoms with Crippen LogP contribution in [0.15, 0.2) is 24.3 Å². The third-order valence-corrected chi connectivity index (χ3v) is 4.00. The maximum Gasteiger partial charge on any atom is 0.410 e. The summed E-state index contributed by atoms with van der Waals surface area (Å²) < 4.78 is 10.8. The third-order valence-electron chi connectivity index (χ3n) is 4.00. The third kappa shape index (κ3) is 3.12. The van der Waals surface area contributed by atoms with Gasteiger partial charge in [-0.25, -0.2) is 4.79 Å². The zero-order valence-corrected chi connectivity index (χ0v) is 13.7. The summed E-state index contributed by atoms with van der Waals surface area (Å²) in [5.41, 5.74) is 0.823. The van der Waals surface area contributed by atoms with Crippen LogP contribution < -0.4 is 0 Å². The van der Waals surface area contributed by atoms with Crippen LogP contribution in [0.5, 0.6) is 0 Å². The number of imide groups is 1. The Bertz CT molecular complexity index is 638. The standard InChI is InChI=1S/C17H20N2O5/c1-11(2)24-17(22)18-7-8-23-12(9-18)10-19-15(20)13-5-3-4-6-14(13)16(19)21/h3-6,11-12H,7-10H2,1-2H3/t12-/m1/s1. The molecule has 1 fully saturated rings. The number of ether oxygens (including phenoxy) is 2. The van der Waals surface area contributed by atoms with Crippen molar-refractivity contribution in [1.82, 2.24) is 9.80 Å². The smallest absolute Gasteiger partial charge is 0.410 e. The van der Waals surface area contributed by atoms with Gasteiger partial charge in [0.05, 0.1) is 43.0 Å². The number of nitrogens with zero attached hydrogens (tertiary/aromatic N) is 2. The van der Waals surface area contributed by atoms with Crippen LogP contribution in [-0.4, -0.2) is 66.2 Å². The average molecular weight is 332 g/mol. The lowest BCUT2D eigenvalue weighted by atomic mass is 10.1. The predicted molar refractivity (Wildman–Crippen MR) is 84.7 cm³/mol. The van der Waals surface area contributed by atoms with Gasteiger partial charge in [-0.2, -0.15) is 0 Å². The molecule has 0 aliphatic carbocycles. The molecule has 0 radical (unpaired) electrons. The SMILES string of the molecule is CC(C)OC(=O)N1CCO[C@@H](CN2C(=O)c3ccccc3C2=O)C1. The highest BCUT2D eigenvalue weighted by Crippen LogP contribution is 2.23. The summed E-state index contributed by atoms with van der Waals surface area (Å²) in [5, 5.41) is 0. The van der Waals surface area contributed by atoms with Crippen molar-refractivity contribution in [3.63, 3.8) is 0 Å². The molecule has 24 heavy (non-hydrogen) atoms. The Hall–Kier alpha value is -2.41. The summed E-state index contributed by atoms with van der Waals surface area (Å²) in [7, 11) is 0. The molecule has 0 aromatic heterocycles. The van der Waals surface area contributed by atoms with Crippen LogP contribution >= 0.6 is 0 Å². The van der Waals surface area contributed by atoms with E-state index in [1.165, 1.54) is 4.90 Å². The minimum absolute atomic E-state index is 0.123. The highest BCUT2D eigenvalue weighted by atomic mass is 16.6. The number of rotatable bonds is 3. The Morgan fingerprint density at radius 1 is 1.25 bits per heavy atom. The summed E-state index contributed by atoms with van der Waals surface area (Å²) in [6.45, 7) is 4.77. The van der Waals surface area contributed by atoms with Crippen molar-refractivity contribution in [2.24, 2.45) is 0 Å². The lowest BCUT2D eigenvalue weighted by molar-refractivity contribution is -0.0385. The Kier molecular flexibility index (Phi) is 4.53. The second kappa shape index (κ2) is 6.60. The van der Waals surface area contributed by atoms with E-state index < -0.39 is 12.2 Å². The van der Waals surface area contributed by atoms with Crippen LogP contribution in [0.2, 0.25) is 0 Å². The number of carbonyl (C=O) groups excluding carboxylic acids is 3. The number of amides is 3. The second-order valence-electron chi connectivity index (χ2n) is 6.14. The molecule has 2 aliphatic rings. The van der Waals surface area contributed by atoms with Crippen molar-refractivity contribution in [2.75, 3.05) is 26.2 Å². The van der Waals surface area contributed by atoms with E-state index in [-0.39, 0.29) is 24.5 Å². The van der Waals surface area contributed by atoms with Crippen molar-refractivity contribution in [1.29, 1.82) is 0 Å². The molecule has 0 bridgehead atoms. The van der Waals surface area contributed by atoms with E-state index >= 15 is 0 Å². The first-order valence-electron chi connectivity index (χ1n) is 7.99. The van der Waals surface area contributed by atoms with Gasteiger partial charge in [0.2, 0.25) is 0 Å². The highest BCUT2D eigenvalue weighted by molar-refractivity contribution is 6.21. The van der Waals surface area contributed by atoms with E-state index in [1.807, 2.05) is 0 Å². The Balaban J connectivity index is 1.65. The summed E-state index contributed by atoms with van der Waals surface area (Å²) >= 11 is 0. The minimum atomic E-state index is -0.416. The number of hydrogen-bond acceptors (Lipinski definition) is 5. The van der Waals surface area contributed by atoms with E-state index in [0.29, 0.717) is 30.8 Å². The molecule has 0 spiro atoms. The summed E-state index contributed by atoms with van der Waals surface area (Å²) in [6.07, 6.45) is -1.02. The van der Waals surface area contributed by atoms with Crippen LogP contribution in [0.1, 0.15) is 34.6 Å². The van der Waals surface area contributed by atoms with Crippen molar-refractivity contribution in [2.45, 2.75) is 26.1 Å². The van der Waals surface area contributed by atoms with Gasteiger partial charge < -0.3 is 14.4 Å². The largest absolute Gasteiger partial charge is 0.447 e. The van der Waals surface area contributed by atoms with E-state index in [9.17, 15) is 14.4 Å². The molecule has 7 heteroatoms. The topological polar surface area (TPSA) is 76.2 Å². The molecule has 1 aromatic rings. The number of morpholine rings is 1. The van der Waals surface area contributed by atoms with E-state index in [1.54, 1.807) is 43.0 Å². The maximum absolute atomic E-state index is 12.4. The van der Waals surface area contributed by atoms with Gasteiger partial charge in [-0.3, -0.25) is 14.5 Å². The quantitative estimate of drug-likeness (QED) is 0.785. The zero-order chi connectivity index (χ0) is 17.3. The fourth-order valence-corrected chi connectivity index (χ4v) is 2.88. The van der Waals surface area contributed by atoms with Gasteiger partial charge in [0.15, 0.2) is 0 Å². The molecule has 2 aliphatic heterocycles. The summed E-state index contributed by atoms with van der Waals surface area (Å²) in [6, 6.07) is 6.75. The summed E-state index contributed by atoms with van der Waals surface area (Å²) in [4.78, 5) is 39.5. The number of hydrogen-bond donors (Lipinski definition) is 0. The fraction of sp³-hybridized carbons (Fsp3) is 0.471. The maximum atomic E-state index is 12.4. The van der Waals surface area contributed by atoms with Gasteiger partial charge in [0.25, 0.3) is 11.8 Å². The van der Waals surface area contributed by atoms with Gasteiger partial charge in [0.1, 0.15) is 0 Å². The van der Waals surface area contributed by atoms with Crippen molar-refractivity contribution >= 4 is 17.9 Å². The fourth-order valence-electron chi connectivity index (χ4n) is 2.88. The van der Waals surface area contributed by atoms with E-state index in [4.69, 9.17) is 9.47 Å². The molecule has 3 amide bonds. The first kappa shape index (κ1) is 16.4. The Morgan fingerprint density at radius 2 is 1.88 bits per heavy atom. The molecule has 0 unspecified atom stereocenters. The van der Waals surface area contributed by atoms with E-state index in [0.717, 1.165) is 0 Å². The van der Waals surface area contributed by atoms with E-state index in [2.05, 4.69) is 0 Å². The van der Waals surface area contributed by atoms with Crippen molar-refractivity contribution in [3.05, 3.63) is 35.4 Å². The lowest BCUT2D eigenvalue weighted by Gasteiger charge is -2.34. The Morgan fingerprint density at radius 3 is 2.46 bits per heavy atom. The number of benzene rings is 1. The first-order chi connectivity index (χ1) is 11.5. The molecule has 0 saturated carbocycles. The number of carbonyl (C=O) groups is 3. The van der Waals surface area contributed by atoms with Crippen molar-refractivity contribution < 1.29 is 23.9 Å². The normalized spacial score (nSPS) is 20.5. The van der Waals surface area contributed by atoms with Crippen LogP contribution in [0.25, 0.3) is 0 Å². The Labute approximate surface area is 140 Å². The highest BCUT2D eigenvalue weighted by Gasteiger charge is 2.38. The molecule has 0 N–H and O–H groups in total. The number of fused-ring (bicyclic) bond motifs is 1. The van der Waals surface area contributed by atoms with Crippen LogP contribution in [0, 0.1) is 0 Å².